The van der Waals surface area contributed by atoms with E-state index in [1.54, 1.807) is 31.2 Å². The first kappa shape index (κ1) is 30.7. The Kier molecular flexibility index (Phi) is 8.27. The van der Waals surface area contributed by atoms with E-state index in [0.717, 1.165) is 11.1 Å². The fraction of sp³-hybridized carbons (Fsp3) is 0.114. The number of pyridine rings is 1. The molecule has 6 aromatic rings. The normalized spacial score (nSPS) is 15.9. The summed E-state index contributed by atoms with van der Waals surface area (Å²) < 4.78 is 8.53. The summed E-state index contributed by atoms with van der Waals surface area (Å²) in [4.78, 5) is 33.7. The summed E-state index contributed by atoms with van der Waals surface area (Å²) in [6.07, 6.45) is 1.84. The van der Waals surface area contributed by atoms with Crippen molar-refractivity contribution >= 4 is 62.9 Å². The molecule has 1 atom stereocenters. The number of benzene rings is 3. The molecule has 1 aliphatic rings. The zero-order chi connectivity index (χ0) is 32.7. The summed E-state index contributed by atoms with van der Waals surface area (Å²) in [6.45, 7) is 3.72. The molecule has 47 heavy (non-hydrogen) atoms. The Bertz CT molecular complexity index is 2200. The molecule has 12 heteroatoms. The van der Waals surface area contributed by atoms with Gasteiger partial charge in [-0.25, -0.2) is 4.98 Å². The number of nitrogens with zero attached hydrogens (tertiary/aromatic N) is 5. The van der Waals surface area contributed by atoms with Crippen molar-refractivity contribution in [3.05, 3.63) is 136 Å². The van der Waals surface area contributed by atoms with E-state index >= 15 is 0 Å². The molecule has 234 valence electrons. The maximum Gasteiger partial charge on any atom is 0.301 e. The molecule has 3 aromatic carbocycles. The maximum atomic E-state index is 13.9. The highest BCUT2D eigenvalue weighted by molar-refractivity contribution is 8.00. The van der Waals surface area contributed by atoms with E-state index in [2.05, 4.69) is 15.2 Å². The summed E-state index contributed by atoms with van der Waals surface area (Å²) in [6, 6.07) is 26.7. The second-order valence-corrected chi connectivity index (χ2v) is 13.4. The molecule has 9 nitrogen and oxygen atoms in total. The van der Waals surface area contributed by atoms with Gasteiger partial charge in [0.15, 0.2) is 10.1 Å². The van der Waals surface area contributed by atoms with Crippen LogP contribution in [-0.4, -0.2) is 36.4 Å². The van der Waals surface area contributed by atoms with Crippen molar-refractivity contribution in [2.45, 2.75) is 30.0 Å². The van der Waals surface area contributed by atoms with Gasteiger partial charge in [-0.1, -0.05) is 89.3 Å². The number of fused-ring (bicyclic) bond motifs is 1. The van der Waals surface area contributed by atoms with Gasteiger partial charge in [-0.15, -0.1) is 10.2 Å². The lowest BCUT2D eigenvalue weighted by Crippen LogP contribution is -2.29. The minimum Gasteiger partial charge on any atom is -0.505 e. The van der Waals surface area contributed by atoms with Crippen LogP contribution in [0.5, 0.6) is 11.5 Å². The number of ether oxygens (including phenoxy) is 1. The topological polar surface area (TPSA) is 110 Å². The molecule has 1 fully saturated rings. The van der Waals surface area contributed by atoms with Gasteiger partial charge >= 0.3 is 5.91 Å². The van der Waals surface area contributed by atoms with Crippen molar-refractivity contribution in [2.24, 2.45) is 0 Å². The van der Waals surface area contributed by atoms with Crippen molar-refractivity contribution in [1.82, 2.24) is 19.6 Å². The third-order valence-corrected chi connectivity index (χ3v) is 10.3. The Labute approximate surface area is 283 Å². The SMILES string of the molecule is Cc1cccn2c(C)c(C(O)=C3C(=O)C(=O)N(c4nnc(SCc5ccccc5Cl)s4)C3c3cccc(Oc4ccccc4)c3)nc12. The molecule has 3 aromatic heterocycles. The van der Waals surface area contributed by atoms with Crippen LogP contribution < -0.4 is 9.64 Å². The second-order valence-electron chi connectivity index (χ2n) is 10.8. The number of thioether (sulfide) groups is 1. The van der Waals surface area contributed by atoms with E-state index in [1.165, 1.54) is 28.0 Å². The number of carbonyl (C=O) groups is 2. The highest BCUT2D eigenvalue weighted by atomic mass is 35.5. The van der Waals surface area contributed by atoms with Gasteiger partial charge in [-0.2, -0.15) is 0 Å². The number of aliphatic hydroxyl groups is 1. The molecule has 1 unspecified atom stereocenters. The van der Waals surface area contributed by atoms with Gasteiger partial charge in [-0.05, 0) is 66.9 Å². The first-order chi connectivity index (χ1) is 22.8. The number of Topliss-reactive ketones (excluding diaryl/α,β-unsaturated/α-hetero) is 1. The predicted molar refractivity (Wildman–Crippen MR) is 183 cm³/mol. The second kappa shape index (κ2) is 12.7. The molecule has 1 aliphatic heterocycles. The number of aliphatic hydroxyl groups excluding tert-OH is 1. The first-order valence-corrected chi connectivity index (χ1v) is 16.8. The third-order valence-electron chi connectivity index (χ3n) is 7.82. The van der Waals surface area contributed by atoms with Gasteiger partial charge in [-0.3, -0.25) is 14.5 Å². The van der Waals surface area contributed by atoms with Gasteiger partial charge in [0, 0.05) is 17.0 Å². The molecule has 0 saturated carbocycles. The van der Waals surface area contributed by atoms with Crippen LogP contribution in [0.15, 0.2) is 107 Å². The average Bonchev–Trinajstić information content (AvgIpc) is 3.76. The smallest absolute Gasteiger partial charge is 0.301 e. The summed E-state index contributed by atoms with van der Waals surface area (Å²) in [5.41, 5.74) is 3.75. The van der Waals surface area contributed by atoms with Gasteiger partial charge in [0.1, 0.15) is 22.8 Å². The molecular weight excluding hydrogens is 654 g/mol. The lowest BCUT2D eigenvalue weighted by molar-refractivity contribution is -0.132. The van der Waals surface area contributed by atoms with Crippen LogP contribution in [0, 0.1) is 13.8 Å². The molecule has 1 N–H and O–H groups in total. The molecule has 0 radical (unpaired) electrons. The molecule has 7 rings (SSSR count). The van der Waals surface area contributed by atoms with Crippen molar-refractivity contribution in [3.63, 3.8) is 0 Å². The van der Waals surface area contributed by atoms with E-state index in [4.69, 9.17) is 16.3 Å². The van der Waals surface area contributed by atoms with Crippen LogP contribution in [0.4, 0.5) is 5.13 Å². The van der Waals surface area contributed by atoms with E-state index in [-0.39, 0.29) is 22.2 Å². The van der Waals surface area contributed by atoms with Crippen LogP contribution in [-0.2, 0) is 15.3 Å². The number of hydrogen-bond donors (Lipinski definition) is 1. The van der Waals surface area contributed by atoms with E-state index in [0.29, 0.717) is 43.5 Å². The number of anilines is 1. The number of ketones is 1. The van der Waals surface area contributed by atoms with E-state index in [9.17, 15) is 14.7 Å². The quantitative estimate of drug-likeness (QED) is 0.0564. The third kappa shape index (κ3) is 5.78. The van der Waals surface area contributed by atoms with Gasteiger partial charge in [0.25, 0.3) is 5.78 Å². The van der Waals surface area contributed by atoms with Crippen LogP contribution in [0.2, 0.25) is 5.02 Å². The van der Waals surface area contributed by atoms with Crippen LogP contribution in [0.1, 0.15) is 34.1 Å². The molecular formula is C35H26ClN5O4S2. The Hall–Kier alpha value is -4.97. The summed E-state index contributed by atoms with van der Waals surface area (Å²) >= 11 is 8.95. The Morgan fingerprint density at radius 1 is 0.957 bits per heavy atom. The summed E-state index contributed by atoms with van der Waals surface area (Å²) in [5.74, 6) is -0.394. The van der Waals surface area contributed by atoms with Crippen molar-refractivity contribution in [3.8, 4) is 11.5 Å². The molecule has 0 bridgehead atoms. The van der Waals surface area contributed by atoms with Crippen LogP contribution >= 0.6 is 34.7 Å². The fourth-order valence-electron chi connectivity index (χ4n) is 5.51. The molecule has 1 saturated heterocycles. The van der Waals surface area contributed by atoms with Crippen molar-refractivity contribution < 1.29 is 19.4 Å². The minimum atomic E-state index is -1.03. The van der Waals surface area contributed by atoms with Crippen molar-refractivity contribution in [2.75, 3.05) is 4.90 Å². The maximum absolute atomic E-state index is 13.9. The summed E-state index contributed by atoms with van der Waals surface area (Å²) in [5, 5.41) is 21.3. The van der Waals surface area contributed by atoms with Crippen LogP contribution in [0.25, 0.3) is 11.4 Å². The number of amides is 1. The lowest BCUT2D eigenvalue weighted by atomic mass is 9.96. The van der Waals surface area contributed by atoms with Crippen LogP contribution in [0.3, 0.4) is 0 Å². The number of hydrogen-bond acceptors (Lipinski definition) is 9. The highest BCUT2D eigenvalue weighted by Crippen LogP contribution is 2.45. The number of aromatic nitrogens is 4. The number of halogens is 1. The van der Waals surface area contributed by atoms with Gasteiger partial charge in [0.05, 0.1) is 17.3 Å². The Balaban J connectivity index is 1.33. The molecule has 0 spiro atoms. The number of imidazole rings is 1. The Morgan fingerprint density at radius 3 is 2.51 bits per heavy atom. The number of carbonyl (C=O) groups excluding carboxylic acids is 2. The zero-order valence-electron chi connectivity index (χ0n) is 25.1. The van der Waals surface area contributed by atoms with Gasteiger partial charge < -0.3 is 14.2 Å². The molecule has 0 aliphatic carbocycles. The van der Waals surface area contributed by atoms with Crippen molar-refractivity contribution in [1.29, 1.82) is 0 Å². The number of para-hydroxylation sites is 1. The van der Waals surface area contributed by atoms with E-state index in [1.807, 2.05) is 84.3 Å². The molecule has 1 amide bonds. The number of aryl methyl sites for hydroxylation is 2. The largest absolute Gasteiger partial charge is 0.505 e. The van der Waals surface area contributed by atoms with Gasteiger partial charge in [0.2, 0.25) is 5.13 Å². The van der Waals surface area contributed by atoms with E-state index < -0.39 is 17.7 Å². The minimum absolute atomic E-state index is 0.100. The number of rotatable bonds is 8. The standard InChI is InChI=1S/C35H26ClN5O4S2/c1-20-10-9-17-40-21(2)28(37-32(20)40)30(42)27-29(22-12-8-15-25(18-22)45-24-13-4-3-5-14-24)41(33(44)31(27)43)34-38-39-35(47-34)46-19-23-11-6-7-16-26(23)36/h3-18,29,42H,19H2,1-2H3. The monoisotopic (exact) mass is 679 g/mol. The fourth-order valence-corrected chi connectivity index (χ4v) is 7.66. The predicted octanol–water partition coefficient (Wildman–Crippen LogP) is 8.17. The molecule has 4 heterocycles. The lowest BCUT2D eigenvalue weighted by Gasteiger charge is -2.23. The highest BCUT2D eigenvalue weighted by Gasteiger charge is 2.49. The summed E-state index contributed by atoms with van der Waals surface area (Å²) in [7, 11) is 0. The zero-order valence-corrected chi connectivity index (χ0v) is 27.5. The Morgan fingerprint density at radius 2 is 1.72 bits per heavy atom. The average molecular weight is 680 g/mol. The first-order valence-electron chi connectivity index (χ1n) is 14.6.